The largest absolute Gasteiger partial charge is 0.350 e. The lowest BCUT2D eigenvalue weighted by Gasteiger charge is -2.13. The van der Waals surface area contributed by atoms with Crippen molar-refractivity contribution in [3.63, 3.8) is 0 Å². The van der Waals surface area contributed by atoms with E-state index in [1.165, 1.54) is 77.0 Å². The average molecular weight is 437 g/mol. The van der Waals surface area contributed by atoms with Crippen LogP contribution in [-0.4, -0.2) is 35.4 Å². The molecule has 2 atom stereocenters. The molecule has 0 spiro atoms. The zero-order valence-electron chi connectivity index (χ0n) is 17.6. The fourth-order valence-corrected chi connectivity index (χ4v) is 3.85. The lowest BCUT2D eigenvalue weighted by molar-refractivity contribution is -0.0691. The van der Waals surface area contributed by atoms with Crippen LogP contribution in [0.5, 0.6) is 0 Å². The van der Waals surface area contributed by atoms with Crippen LogP contribution in [0.25, 0.3) is 0 Å². The van der Waals surface area contributed by atoms with Crippen molar-refractivity contribution in [1.82, 2.24) is 0 Å². The number of rotatable bonds is 18. The third-order valence-electron chi connectivity index (χ3n) is 4.94. The van der Waals surface area contributed by atoms with Crippen LogP contribution in [0.2, 0.25) is 0 Å². The van der Waals surface area contributed by atoms with Gasteiger partial charge in [-0.25, -0.2) is 0 Å². The Hall–Kier alpha value is 0.190. The molecule has 28 heavy (non-hydrogen) atoms. The molecule has 0 aromatic rings. The topological polar surface area (TPSA) is 68.2 Å². The number of hydrogen-bond donors (Lipinski definition) is 2. The second-order valence-electron chi connectivity index (χ2n) is 7.68. The molecule has 0 saturated carbocycles. The van der Waals surface area contributed by atoms with Gasteiger partial charge in [0.25, 0.3) is 0 Å². The number of hydrogen-bond acceptors (Lipinski definition) is 4. The Morgan fingerprint density at radius 2 is 1.50 bits per heavy atom. The third-order valence-corrected chi connectivity index (χ3v) is 5.74. The summed E-state index contributed by atoms with van der Waals surface area (Å²) in [7, 11) is 0. The molecule has 0 aromatic carbocycles. The summed E-state index contributed by atoms with van der Waals surface area (Å²) in [4.78, 5) is 18.1. The summed E-state index contributed by atoms with van der Waals surface area (Å²) in [6.07, 6.45) is 21.9. The second kappa shape index (κ2) is 16.9. The molecule has 7 heteroatoms. The molecular weight excluding hydrogens is 395 g/mol. The van der Waals surface area contributed by atoms with E-state index in [9.17, 15) is 0 Å². The maximum Gasteiger partial charge on any atom is 0.321 e. The first-order valence-electron chi connectivity index (χ1n) is 11.1. The van der Waals surface area contributed by atoms with Gasteiger partial charge in [0.05, 0.1) is 13.2 Å². The van der Waals surface area contributed by atoms with Gasteiger partial charge in [-0.15, -0.1) is 0 Å². The molecule has 166 valence electrons. The van der Waals surface area contributed by atoms with Crippen LogP contribution in [0.1, 0.15) is 96.8 Å². The van der Waals surface area contributed by atoms with Gasteiger partial charge in [0.2, 0.25) is 0 Å². The first kappa shape index (κ1) is 26.2. The van der Waals surface area contributed by atoms with E-state index < -0.39 is 6.72 Å². The quantitative estimate of drug-likeness (QED) is 0.156. The predicted molar refractivity (Wildman–Crippen MR) is 119 cm³/mol. The van der Waals surface area contributed by atoms with Crippen molar-refractivity contribution in [3.05, 3.63) is 12.2 Å². The Labute approximate surface area is 177 Å². The van der Waals surface area contributed by atoms with Crippen molar-refractivity contribution in [2.75, 3.05) is 13.2 Å². The Morgan fingerprint density at radius 3 is 2.11 bits per heavy atom. The molecule has 0 aromatic heterocycles. The van der Waals surface area contributed by atoms with Crippen LogP contribution in [0.3, 0.4) is 0 Å². The van der Waals surface area contributed by atoms with Gasteiger partial charge in [-0.1, -0.05) is 70.4 Å². The van der Waals surface area contributed by atoms with Gasteiger partial charge in [-0.2, -0.15) is 0 Å². The minimum absolute atomic E-state index is 0.0765. The zero-order chi connectivity index (χ0) is 20.5. The van der Waals surface area contributed by atoms with E-state index in [0.717, 1.165) is 12.8 Å². The summed E-state index contributed by atoms with van der Waals surface area (Å²) in [6, 6.07) is 0. The first-order chi connectivity index (χ1) is 13.5. The minimum Gasteiger partial charge on any atom is -0.350 e. The van der Waals surface area contributed by atoms with Gasteiger partial charge in [-0.3, -0.25) is 0 Å². The molecule has 0 amide bonds. The van der Waals surface area contributed by atoms with Crippen molar-refractivity contribution in [3.8, 4) is 0 Å². The molecule has 1 aliphatic heterocycles. The van der Waals surface area contributed by atoms with Crippen LogP contribution >= 0.6 is 6.72 Å². The lowest BCUT2D eigenvalue weighted by atomic mass is 10.1. The Balaban J connectivity index is 1.83. The highest BCUT2D eigenvalue weighted by atomic mass is 32.5. The number of ether oxygens (including phenoxy) is 2. The summed E-state index contributed by atoms with van der Waals surface area (Å²) >= 11 is 4.42. The molecule has 5 nitrogen and oxygen atoms in total. The van der Waals surface area contributed by atoms with Gasteiger partial charge in [-0.05, 0) is 50.3 Å². The molecule has 0 bridgehead atoms. The van der Waals surface area contributed by atoms with Crippen molar-refractivity contribution in [2.24, 2.45) is 0 Å². The SMILES string of the molecule is CCCCCCCC/C=C\CCCCCCC[C@H]1OC[C@H](COP(O)(O)=S)O1. The zero-order valence-corrected chi connectivity index (χ0v) is 19.3. The van der Waals surface area contributed by atoms with Crippen LogP contribution < -0.4 is 0 Å². The Morgan fingerprint density at radius 1 is 0.929 bits per heavy atom. The molecule has 2 N–H and O–H groups in total. The highest BCUT2D eigenvalue weighted by Crippen LogP contribution is 2.37. The number of allylic oxidation sites excluding steroid dienone is 2. The summed E-state index contributed by atoms with van der Waals surface area (Å²) in [6.45, 7) is -0.837. The standard InChI is InChI=1S/C21H41O5PS/c1-2-3-4-5-6-7-8-9-10-11-12-13-14-15-16-17-21-24-18-20(26-21)19-25-27(22,23)28/h9-10,20-21H,2-8,11-19H2,1H3,(H2,22,23,28)/b10-9-/t20-,21+/m1/s1. The van der Waals surface area contributed by atoms with Gasteiger partial charge in [0, 0.05) is 0 Å². The highest BCUT2D eigenvalue weighted by molar-refractivity contribution is 8.06. The van der Waals surface area contributed by atoms with Gasteiger partial charge in [0.15, 0.2) is 6.29 Å². The molecule has 0 unspecified atom stereocenters. The smallest absolute Gasteiger partial charge is 0.321 e. The average Bonchev–Trinajstić information content (AvgIpc) is 3.10. The summed E-state index contributed by atoms with van der Waals surface area (Å²) < 4.78 is 16.0. The first-order valence-corrected chi connectivity index (χ1v) is 13.8. The van der Waals surface area contributed by atoms with E-state index in [2.05, 4.69) is 30.9 Å². The van der Waals surface area contributed by atoms with Gasteiger partial charge >= 0.3 is 6.72 Å². The third kappa shape index (κ3) is 16.0. The highest BCUT2D eigenvalue weighted by Gasteiger charge is 2.27. The Kier molecular flexibility index (Phi) is 15.9. The summed E-state index contributed by atoms with van der Waals surface area (Å²) in [5.74, 6) is 0. The fraction of sp³-hybridized carbons (Fsp3) is 0.905. The molecule has 1 aliphatic rings. The lowest BCUT2D eigenvalue weighted by Crippen LogP contribution is -2.18. The molecule has 0 aliphatic carbocycles. The minimum atomic E-state index is -3.60. The Bertz CT molecular complexity index is 441. The van der Waals surface area contributed by atoms with Crippen molar-refractivity contribution in [1.29, 1.82) is 0 Å². The molecule has 0 radical (unpaired) electrons. The van der Waals surface area contributed by atoms with E-state index >= 15 is 0 Å². The maximum absolute atomic E-state index is 9.05. The van der Waals surface area contributed by atoms with E-state index in [1.807, 2.05) is 0 Å². The van der Waals surface area contributed by atoms with Crippen LogP contribution in [0, 0.1) is 0 Å². The normalized spacial score (nSPS) is 20.4. The maximum atomic E-state index is 9.05. The predicted octanol–water partition coefficient (Wildman–Crippen LogP) is 5.99. The fourth-order valence-electron chi connectivity index (χ4n) is 3.31. The summed E-state index contributed by atoms with van der Waals surface area (Å²) in [5, 5.41) is 0. The van der Waals surface area contributed by atoms with Gasteiger partial charge in [0.1, 0.15) is 6.10 Å². The van der Waals surface area contributed by atoms with E-state index in [1.54, 1.807) is 0 Å². The molecular formula is C21H41O5PS. The monoisotopic (exact) mass is 436 g/mol. The van der Waals surface area contributed by atoms with Crippen LogP contribution in [0.15, 0.2) is 12.2 Å². The molecule has 1 fully saturated rings. The van der Waals surface area contributed by atoms with Crippen LogP contribution in [-0.2, 0) is 25.8 Å². The molecule has 1 saturated heterocycles. The van der Waals surface area contributed by atoms with E-state index in [-0.39, 0.29) is 19.0 Å². The van der Waals surface area contributed by atoms with Crippen molar-refractivity contribution < 1.29 is 23.8 Å². The molecule has 1 heterocycles. The summed E-state index contributed by atoms with van der Waals surface area (Å²) in [5.41, 5.74) is 0. The van der Waals surface area contributed by atoms with E-state index in [4.69, 9.17) is 23.8 Å². The van der Waals surface area contributed by atoms with Crippen LogP contribution in [0.4, 0.5) is 0 Å². The number of unbranched alkanes of at least 4 members (excludes halogenated alkanes) is 11. The second-order valence-corrected chi connectivity index (χ2v) is 10.3. The van der Waals surface area contributed by atoms with Gasteiger partial charge < -0.3 is 23.8 Å². The van der Waals surface area contributed by atoms with Crippen molar-refractivity contribution >= 4 is 18.5 Å². The molecule has 1 rings (SSSR count). The van der Waals surface area contributed by atoms with E-state index in [0.29, 0.717) is 6.61 Å². The van der Waals surface area contributed by atoms with Crippen molar-refractivity contribution in [2.45, 2.75) is 109 Å².